The SMILES string of the molecule is CCCNc1cccc(C(=O)NC(C)C)c1[N+](=O)[O-]. The molecular formula is C13H19N3O3. The van der Waals surface area contributed by atoms with E-state index in [1.54, 1.807) is 12.1 Å². The number of nitrogens with zero attached hydrogens (tertiary/aromatic N) is 1. The van der Waals surface area contributed by atoms with Crippen LogP contribution in [0.25, 0.3) is 0 Å². The molecule has 19 heavy (non-hydrogen) atoms. The molecule has 0 aromatic heterocycles. The Labute approximate surface area is 112 Å². The predicted octanol–water partition coefficient (Wildman–Crippen LogP) is 2.55. The highest BCUT2D eigenvalue weighted by atomic mass is 16.6. The molecule has 6 heteroatoms. The van der Waals surface area contributed by atoms with Crippen LogP contribution in [-0.2, 0) is 0 Å². The summed E-state index contributed by atoms with van der Waals surface area (Å²) in [5.41, 5.74) is 0.289. The lowest BCUT2D eigenvalue weighted by atomic mass is 10.1. The summed E-state index contributed by atoms with van der Waals surface area (Å²) in [7, 11) is 0. The van der Waals surface area contributed by atoms with Crippen LogP contribution in [-0.4, -0.2) is 23.4 Å². The maximum Gasteiger partial charge on any atom is 0.305 e. The summed E-state index contributed by atoms with van der Waals surface area (Å²) < 4.78 is 0. The van der Waals surface area contributed by atoms with Crippen LogP contribution < -0.4 is 10.6 Å². The van der Waals surface area contributed by atoms with Crippen molar-refractivity contribution in [2.24, 2.45) is 0 Å². The first-order chi connectivity index (χ1) is 8.97. The Hall–Kier alpha value is -2.11. The smallest absolute Gasteiger partial charge is 0.305 e. The van der Waals surface area contributed by atoms with Gasteiger partial charge in [0.1, 0.15) is 11.3 Å². The van der Waals surface area contributed by atoms with Gasteiger partial charge in [-0.25, -0.2) is 0 Å². The van der Waals surface area contributed by atoms with Crippen LogP contribution in [0, 0.1) is 10.1 Å². The lowest BCUT2D eigenvalue weighted by molar-refractivity contribution is -0.384. The van der Waals surface area contributed by atoms with E-state index in [0.29, 0.717) is 12.2 Å². The first-order valence-corrected chi connectivity index (χ1v) is 6.29. The molecule has 0 spiro atoms. The molecule has 0 saturated carbocycles. The van der Waals surface area contributed by atoms with Crippen molar-refractivity contribution in [3.63, 3.8) is 0 Å². The van der Waals surface area contributed by atoms with Crippen molar-refractivity contribution in [1.29, 1.82) is 0 Å². The Morgan fingerprint density at radius 1 is 1.42 bits per heavy atom. The van der Waals surface area contributed by atoms with Crippen LogP contribution >= 0.6 is 0 Å². The summed E-state index contributed by atoms with van der Waals surface area (Å²) >= 11 is 0. The average Bonchev–Trinajstić information content (AvgIpc) is 2.34. The fourth-order valence-corrected chi connectivity index (χ4v) is 1.67. The van der Waals surface area contributed by atoms with Gasteiger partial charge in [0, 0.05) is 12.6 Å². The normalized spacial score (nSPS) is 10.3. The minimum absolute atomic E-state index is 0.0700. The second kappa shape index (κ2) is 6.72. The van der Waals surface area contributed by atoms with Crippen LogP contribution in [0.5, 0.6) is 0 Å². The number of para-hydroxylation sites is 1. The van der Waals surface area contributed by atoms with E-state index in [-0.39, 0.29) is 17.3 Å². The van der Waals surface area contributed by atoms with Gasteiger partial charge in [0.2, 0.25) is 0 Å². The molecule has 1 amide bonds. The van der Waals surface area contributed by atoms with E-state index in [1.807, 2.05) is 20.8 Å². The molecule has 1 aromatic rings. The molecule has 0 fully saturated rings. The number of carbonyl (C=O) groups excluding carboxylic acids is 1. The molecule has 2 N–H and O–H groups in total. The second-order valence-electron chi connectivity index (χ2n) is 4.51. The molecule has 0 radical (unpaired) electrons. The molecular weight excluding hydrogens is 246 g/mol. The minimum Gasteiger partial charge on any atom is -0.379 e. The van der Waals surface area contributed by atoms with Gasteiger partial charge in [-0.1, -0.05) is 13.0 Å². The van der Waals surface area contributed by atoms with E-state index in [0.717, 1.165) is 6.42 Å². The number of nitro groups is 1. The molecule has 0 heterocycles. The number of benzene rings is 1. The zero-order valence-corrected chi connectivity index (χ0v) is 11.4. The summed E-state index contributed by atoms with van der Waals surface area (Å²) in [6, 6.07) is 4.65. The Morgan fingerprint density at radius 3 is 2.63 bits per heavy atom. The highest BCUT2D eigenvalue weighted by Gasteiger charge is 2.24. The highest BCUT2D eigenvalue weighted by molar-refractivity contribution is 6.00. The number of hydrogen-bond acceptors (Lipinski definition) is 4. The van der Waals surface area contributed by atoms with E-state index >= 15 is 0 Å². The molecule has 0 atom stereocenters. The third kappa shape index (κ3) is 3.94. The fraction of sp³-hybridized carbons (Fsp3) is 0.462. The quantitative estimate of drug-likeness (QED) is 0.611. The third-order valence-electron chi connectivity index (χ3n) is 2.45. The van der Waals surface area contributed by atoms with Crippen LogP contribution in [0.15, 0.2) is 18.2 Å². The molecule has 0 unspecified atom stereocenters. The minimum atomic E-state index is -0.521. The van der Waals surface area contributed by atoms with E-state index in [1.165, 1.54) is 6.07 Å². The Bertz CT molecular complexity index is 472. The van der Waals surface area contributed by atoms with Crippen molar-refractivity contribution in [1.82, 2.24) is 5.32 Å². The summed E-state index contributed by atoms with van der Waals surface area (Å²) in [6.07, 6.45) is 0.847. The van der Waals surface area contributed by atoms with Crippen LogP contribution in [0.4, 0.5) is 11.4 Å². The number of hydrogen-bond donors (Lipinski definition) is 2. The van der Waals surface area contributed by atoms with E-state index < -0.39 is 10.8 Å². The van der Waals surface area contributed by atoms with Gasteiger partial charge in [0.25, 0.3) is 5.91 Å². The lowest BCUT2D eigenvalue weighted by Gasteiger charge is -2.11. The molecule has 6 nitrogen and oxygen atoms in total. The van der Waals surface area contributed by atoms with Gasteiger partial charge in [0.15, 0.2) is 0 Å². The number of carbonyl (C=O) groups is 1. The summed E-state index contributed by atoms with van der Waals surface area (Å²) in [5.74, 6) is -0.429. The largest absolute Gasteiger partial charge is 0.379 e. The zero-order chi connectivity index (χ0) is 14.4. The van der Waals surface area contributed by atoms with Gasteiger partial charge in [-0.05, 0) is 32.4 Å². The molecule has 1 rings (SSSR count). The average molecular weight is 265 g/mol. The number of amides is 1. The number of rotatable bonds is 6. The Morgan fingerprint density at radius 2 is 2.11 bits per heavy atom. The molecule has 0 aliphatic heterocycles. The maximum atomic E-state index is 12.0. The number of nitro benzene ring substituents is 1. The van der Waals surface area contributed by atoms with Gasteiger partial charge < -0.3 is 10.6 Å². The van der Waals surface area contributed by atoms with Crippen molar-refractivity contribution in [3.8, 4) is 0 Å². The molecule has 0 aliphatic carbocycles. The third-order valence-corrected chi connectivity index (χ3v) is 2.45. The topological polar surface area (TPSA) is 84.3 Å². The Kier molecular flexibility index (Phi) is 5.29. The number of anilines is 1. The van der Waals surface area contributed by atoms with Gasteiger partial charge >= 0.3 is 5.69 Å². The molecule has 0 saturated heterocycles. The van der Waals surface area contributed by atoms with Crippen molar-refractivity contribution in [3.05, 3.63) is 33.9 Å². The second-order valence-corrected chi connectivity index (χ2v) is 4.51. The highest BCUT2D eigenvalue weighted by Crippen LogP contribution is 2.28. The van der Waals surface area contributed by atoms with Crippen LogP contribution in [0.2, 0.25) is 0 Å². The lowest BCUT2D eigenvalue weighted by Crippen LogP contribution is -2.30. The van der Waals surface area contributed by atoms with Crippen LogP contribution in [0.1, 0.15) is 37.6 Å². The van der Waals surface area contributed by atoms with Gasteiger partial charge in [-0.3, -0.25) is 14.9 Å². The summed E-state index contributed by atoms with van der Waals surface area (Å²) in [6.45, 7) is 6.20. The van der Waals surface area contributed by atoms with Crippen molar-refractivity contribution >= 4 is 17.3 Å². The molecule has 0 aliphatic rings. The van der Waals surface area contributed by atoms with E-state index in [2.05, 4.69) is 10.6 Å². The van der Waals surface area contributed by atoms with Crippen molar-refractivity contribution < 1.29 is 9.72 Å². The summed E-state index contributed by atoms with van der Waals surface area (Å²) in [4.78, 5) is 22.6. The standard InChI is InChI=1S/C13H19N3O3/c1-4-8-14-11-7-5-6-10(12(11)16(18)19)13(17)15-9(2)3/h5-7,9,14H,4,8H2,1-3H3,(H,15,17). The van der Waals surface area contributed by atoms with Gasteiger partial charge in [-0.15, -0.1) is 0 Å². The first kappa shape index (κ1) is 14.9. The van der Waals surface area contributed by atoms with Gasteiger partial charge in [0.05, 0.1) is 4.92 Å². The fourth-order valence-electron chi connectivity index (χ4n) is 1.67. The van der Waals surface area contributed by atoms with Gasteiger partial charge in [-0.2, -0.15) is 0 Å². The monoisotopic (exact) mass is 265 g/mol. The maximum absolute atomic E-state index is 12.0. The van der Waals surface area contributed by atoms with E-state index in [4.69, 9.17) is 0 Å². The van der Waals surface area contributed by atoms with Crippen molar-refractivity contribution in [2.75, 3.05) is 11.9 Å². The first-order valence-electron chi connectivity index (χ1n) is 6.29. The van der Waals surface area contributed by atoms with Crippen molar-refractivity contribution in [2.45, 2.75) is 33.2 Å². The number of nitrogens with one attached hydrogen (secondary N) is 2. The molecule has 1 aromatic carbocycles. The van der Waals surface area contributed by atoms with Crippen LogP contribution in [0.3, 0.4) is 0 Å². The molecule has 104 valence electrons. The predicted molar refractivity (Wildman–Crippen MR) is 74.5 cm³/mol. The van der Waals surface area contributed by atoms with E-state index in [9.17, 15) is 14.9 Å². The Balaban J connectivity index is 3.16. The molecule has 0 bridgehead atoms. The summed E-state index contributed by atoms with van der Waals surface area (Å²) in [5, 5.41) is 16.8. The zero-order valence-electron chi connectivity index (χ0n) is 11.4.